The Balaban J connectivity index is 1.76. The van der Waals surface area contributed by atoms with Gasteiger partial charge in [-0.2, -0.15) is 0 Å². The summed E-state index contributed by atoms with van der Waals surface area (Å²) in [5.41, 5.74) is 4.58. The van der Waals surface area contributed by atoms with Crippen LogP contribution in [0.15, 0.2) is 47.6 Å². The van der Waals surface area contributed by atoms with E-state index in [0.717, 1.165) is 27.7 Å². The molecule has 0 spiro atoms. The molecule has 3 aromatic rings. The van der Waals surface area contributed by atoms with Crippen LogP contribution in [0.3, 0.4) is 0 Å². The van der Waals surface area contributed by atoms with Crippen LogP contribution in [-0.2, 0) is 5.75 Å². The summed E-state index contributed by atoms with van der Waals surface area (Å²) in [5, 5.41) is 0.952. The molecule has 0 saturated heterocycles. The fraction of sp³-hybridized carbons (Fsp3) is 0.188. The molecular formula is C16H16N2OS. The zero-order valence-electron chi connectivity index (χ0n) is 11.5. The topological polar surface area (TPSA) is 37.9 Å². The summed E-state index contributed by atoms with van der Waals surface area (Å²) in [7, 11) is 1.69. The highest BCUT2D eigenvalue weighted by atomic mass is 32.2. The van der Waals surface area contributed by atoms with E-state index in [9.17, 15) is 0 Å². The lowest BCUT2D eigenvalue weighted by molar-refractivity contribution is 0.414. The number of thioether (sulfide) groups is 1. The van der Waals surface area contributed by atoms with Gasteiger partial charge in [-0.15, -0.1) is 0 Å². The van der Waals surface area contributed by atoms with Gasteiger partial charge in [0.05, 0.1) is 18.1 Å². The van der Waals surface area contributed by atoms with Gasteiger partial charge in [-0.3, -0.25) is 0 Å². The minimum atomic E-state index is 0.871. The molecule has 4 heteroatoms. The Morgan fingerprint density at radius 3 is 2.95 bits per heavy atom. The van der Waals surface area contributed by atoms with E-state index in [1.165, 1.54) is 11.1 Å². The van der Waals surface area contributed by atoms with Crippen molar-refractivity contribution in [3.05, 3.63) is 53.6 Å². The second-order valence-electron chi connectivity index (χ2n) is 4.70. The molecule has 0 atom stereocenters. The van der Waals surface area contributed by atoms with E-state index in [-0.39, 0.29) is 0 Å². The highest BCUT2D eigenvalue weighted by molar-refractivity contribution is 7.98. The maximum absolute atomic E-state index is 5.24. The molecule has 0 unspecified atom stereocenters. The monoisotopic (exact) mass is 284 g/mol. The minimum absolute atomic E-state index is 0.871. The number of rotatable bonds is 4. The second kappa shape index (κ2) is 5.59. The van der Waals surface area contributed by atoms with E-state index in [0.29, 0.717) is 0 Å². The standard InChI is InChI=1S/C16H16N2OS/c1-11-6-7-14-15(8-11)18-16(17-14)20-10-12-4-3-5-13(9-12)19-2/h3-9H,10H2,1-2H3,(H,17,18). The van der Waals surface area contributed by atoms with Crippen molar-refractivity contribution in [1.82, 2.24) is 9.97 Å². The Bertz CT molecular complexity index is 736. The van der Waals surface area contributed by atoms with Gasteiger partial charge in [-0.1, -0.05) is 30.0 Å². The number of imidazole rings is 1. The number of nitrogens with zero attached hydrogens (tertiary/aromatic N) is 1. The van der Waals surface area contributed by atoms with Gasteiger partial charge in [0.1, 0.15) is 5.75 Å². The van der Waals surface area contributed by atoms with Crippen LogP contribution in [0.25, 0.3) is 11.0 Å². The Morgan fingerprint density at radius 1 is 1.20 bits per heavy atom. The van der Waals surface area contributed by atoms with Gasteiger partial charge >= 0.3 is 0 Å². The van der Waals surface area contributed by atoms with Crippen molar-refractivity contribution in [2.75, 3.05) is 7.11 Å². The molecule has 3 rings (SSSR count). The molecular weight excluding hydrogens is 268 g/mol. The number of ether oxygens (including phenoxy) is 1. The number of nitrogens with one attached hydrogen (secondary N) is 1. The van der Waals surface area contributed by atoms with Gasteiger partial charge in [0.2, 0.25) is 0 Å². The summed E-state index contributed by atoms with van der Waals surface area (Å²) in [6.45, 7) is 2.09. The summed E-state index contributed by atoms with van der Waals surface area (Å²) in [6, 6.07) is 14.4. The first-order valence-corrected chi connectivity index (χ1v) is 7.45. The number of aromatic amines is 1. The van der Waals surface area contributed by atoms with Gasteiger partial charge in [0.15, 0.2) is 5.16 Å². The largest absolute Gasteiger partial charge is 0.497 e. The zero-order valence-corrected chi connectivity index (χ0v) is 12.3. The Morgan fingerprint density at radius 2 is 2.10 bits per heavy atom. The predicted octanol–water partition coefficient (Wildman–Crippen LogP) is 4.17. The molecule has 0 aliphatic heterocycles. The van der Waals surface area contributed by atoms with Crippen LogP contribution < -0.4 is 4.74 Å². The van der Waals surface area contributed by atoms with Gasteiger partial charge < -0.3 is 9.72 Å². The second-order valence-corrected chi connectivity index (χ2v) is 5.67. The number of benzene rings is 2. The molecule has 2 aromatic carbocycles. The van der Waals surface area contributed by atoms with Gasteiger partial charge in [-0.05, 0) is 42.3 Å². The average Bonchev–Trinajstić information content (AvgIpc) is 2.87. The van der Waals surface area contributed by atoms with Crippen LogP contribution in [0.2, 0.25) is 0 Å². The lowest BCUT2D eigenvalue weighted by Crippen LogP contribution is -1.86. The van der Waals surface area contributed by atoms with Crippen molar-refractivity contribution in [2.45, 2.75) is 17.8 Å². The highest BCUT2D eigenvalue weighted by Gasteiger charge is 2.04. The quantitative estimate of drug-likeness (QED) is 0.731. The summed E-state index contributed by atoms with van der Waals surface area (Å²) < 4.78 is 5.24. The molecule has 1 heterocycles. The molecule has 102 valence electrons. The van der Waals surface area contributed by atoms with E-state index in [4.69, 9.17) is 4.74 Å². The van der Waals surface area contributed by atoms with Gasteiger partial charge in [0.25, 0.3) is 0 Å². The number of aryl methyl sites for hydroxylation is 1. The molecule has 0 radical (unpaired) electrons. The van der Waals surface area contributed by atoms with Gasteiger partial charge in [0, 0.05) is 5.75 Å². The third-order valence-corrected chi connectivity index (χ3v) is 4.07. The summed E-state index contributed by atoms with van der Waals surface area (Å²) in [5.74, 6) is 1.76. The minimum Gasteiger partial charge on any atom is -0.497 e. The summed E-state index contributed by atoms with van der Waals surface area (Å²) in [6.07, 6.45) is 0. The Hall–Kier alpha value is -1.94. The van der Waals surface area contributed by atoms with Crippen LogP contribution in [0.4, 0.5) is 0 Å². The highest BCUT2D eigenvalue weighted by Crippen LogP contribution is 2.25. The molecule has 0 aliphatic carbocycles. The molecule has 0 bridgehead atoms. The van der Waals surface area contributed by atoms with Crippen LogP contribution in [0.5, 0.6) is 5.75 Å². The number of aromatic nitrogens is 2. The fourth-order valence-electron chi connectivity index (χ4n) is 2.08. The normalized spacial score (nSPS) is 10.9. The fourth-order valence-corrected chi connectivity index (χ4v) is 2.91. The smallest absolute Gasteiger partial charge is 0.166 e. The van der Waals surface area contributed by atoms with Crippen LogP contribution in [0.1, 0.15) is 11.1 Å². The van der Waals surface area contributed by atoms with Crippen LogP contribution >= 0.6 is 11.8 Å². The van der Waals surface area contributed by atoms with Crippen molar-refractivity contribution in [3.8, 4) is 5.75 Å². The molecule has 0 fully saturated rings. The van der Waals surface area contributed by atoms with Crippen molar-refractivity contribution >= 4 is 22.8 Å². The van der Waals surface area contributed by atoms with Crippen molar-refractivity contribution in [1.29, 1.82) is 0 Å². The van der Waals surface area contributed by atoms with Gasteiger partial charge in [-0.25, -0.2) is 4.98 Å². The average molecular weight is 284 g/mol. The zero-order chi connectivity index (χ0) is 13.9. The van der Waals surface area contributed by atoms with E-state index in [1.807, 2.05) is 12.1 Å². The summed E-state index contributed by atoms with van der Waals surface area (Å²) >= 11 is 1.70. The Kier molecular flexibility index (Phi) is 3.65. The third-order valence-electron chi connectivity index (χ3n) is 3.13. The first-order valence-electron chi connectivity index (χ1n) is 6.47. The Labute approximate surface area is 122 Å². The molecule has 1 aromatic heterocycles. The van der Waals surface area contributed by atoms with Crippen LogP contribution in [0, 0.1) is 6.92 Å². The number of hydrogen-bond donors (Lipinski definition) is 1. The first kappa shape index (κ1) is 13.1. The van der Waals surface area contributed by atoms with E-state index >= 15 is 0 Å². The van der Waals surface area contributed by atoms with E-state index < -0.39 is 0 Å². The first-order chi connectivity index (χ1) is 9.74. The van der Waals surface area contributed by atoms with E-state index in [2.05, 4.69) is 47.2 Å². The maximum atomic E-state index is 5.24. The number of H-pyrrole nitrogens is 1. The molecule has 0 aliphatic rings. The lowest BCUT2D eigenvalue weighted by Gasteiger charge is -2.02. The SMILES string of the molecule is COc1cccc(CSc2nc3ccc(C)cc3[nH]2)c1. The lowest BCUT2D eigenvalue weighted by atomic mass is 10.2. The molecule has 20 heavy (non-hydrogen) atoms. The molecule has 0 saturated carbocycles. The third kappa shape index (κ3) is 2.80. The maximum Gasteiger partial charge on any atom is 0.166 e. The molecule has 1 N–H and O–H groups in total. The predicted molar refractivity (Wildman–Crippen MR) is 83.4 cm³/mol. The van der Waals surface area contributed by atoms with Crippen molar-refractivity contribution < 1.29 is 4.74 Å². The number of hydrogen-bond acceptors (Lipinski definition) is 3. The molecule has 3 nitrogen and oxygen atoms in total. The number of fused-ring (bicyclic) bond motifs is 1. The van der Waals surface area contributed by atoms with Crippen LogP contribution in [-0.4, -0.2) is 17.1 Å². The van der Waals surface area contributed by atoms with Crippen molar-refractivity contribution in [3.63, 3.8) is 0 Å². The van der Waals surface area contributed by atoms with Crippen molar-refractivity contribution in [2.24, 2.45) is 0 Å². The molecule has 0 amide bonds. The van der Waals surface area contributed by atoms with E-state index in [1.54, 1.807) is 18.9 Å². The number of methoxy groups -OCH3 is 1. The summed E-state index contributed by atoms with van der Waals surface area (Å²) in [4.78, 5) is 7.94.